The van der Waals surface area contributed by atoms with Crippen molar-refractivity contribution in [1.82, 2.24) is 4.90 Å². The number of carboxylic acids is 1. The van der Waals surface area contributed by atoms with Gasteiger partial charge in [-0.3, -0.25) is 0 Å². The fraction of sp³-hybridized carbons (Fsp3) is 0.500. The molecule has 1 aromatic carbocycles. The molecule has 21 heavy (non-hydrogen) atoms. The number of aliphatic carboxylic acids is 1. The molecule has 0 radical (unpaired) electrons. The molecule has 1 heterocycles. The number of hydrogen-bond acceptors (Lipinski definition) is 2. The summed E-state index contributed by atoms with van der Waals surface area (Å²) in [7, 11) is 0. The third-order valence-corrected chi connectivity index (χ3v) is 4.17. The van der Waals surface area contributed by atoms with Crippen LogP contribution in [0.2, 0.25) is 0 Å². The number of carbonyl (C=O) groups excluding carboxylic acids is 1. The van der Waals surface area contributed by atoms with E-state index in [4.69, 9.17) is 0 Å². The number of carboxylic acid groups (broad SMARTS) is 1. The summed E-state index contributed by atoms with van der Waals surface area (Å²) in [4.78, 5) is 25.1. The highest BCUT2D eigenvalue weighted by molar-refractivity contribution is 5.92. The maximum atomic E-state index is 12.3. The number of nitrogens with zero attached hydrogens (tertiary/aromatic N) is 1. The molecule has 114 valence electrons. The molecule has 2 rings (SSSR count). The van der Waals surface area contributed by atoms with E-state index in [1.54, 1.807) is 0 Å². The molecular formula is C16H22N2O3. The Bertz CT molecular complexity index is 556. The molecule has 0 spiro atoms. The molecule has 1 fully saturated rings. The molecule has 1 saturated heterocycles. The van der Waals surface area contributed by atoms with Gasteiger partial charge in [0.1, 0.15) is 6.04 Å². The molecule has 0 aromatic heterocycles. The summed E-state index contributed by atoms with van der Waals surface area (Å²) in [5.74, 6) is -0.603. The minimum Gasteiger partial charge on any atom is -0.480 e. The van der Waals surface area contributed by atoms with Crippen LogP contribution in [-0.4, -0.2) is 34.6 Å². The van der Waals surface area contributed by atoms with Crippen molar-refractivity contribution in [2.75, 3.05) is 11.9 Å². The molecule has 2 N–H and O–H groups in total. The van der Waals surface area contributed by atoms with Gasteiger partial charge < -0.3 is 15.3 Å². The number of carbonyl (C=O) groups is 2. The lowest BCUT2D eigenvalue weighted by Crippen LogP contribution is -2.51. The van der Waals surface area contributed by atoms with Gasteiger partial charge in [0.25, 0.3) is 0 Å². The maximum Gasteiger partial charge on any atom is 0.326 e. The number of nitrogens with one attached hydrogen (secondary N) is 1. The first-order valence-corrected chi connectivity index (χ1v) is 7.26. The Morgan fingerprint density at radius 3 is 2.62 bits per heavy atom. The molecule has 0 saturated carbocycles. The molecule has 1 aliphatic rings. The monoisotopic (exact) mass is 290 g/mol. The number of urea groups is 1. The lowest BCUT2D eigenvalue weighted by Gasteiger charge is -2.35. The molecule has 0 aliphatic carbocycles. The van der Waals surface area contributed by atoms with E-state index in [1.807, 2.05) is 39.0 Å². The van der Waals surface area contributed by atoms with E-state index in [-0.39, 0.29) is 6.03 Å². The van der Waals surface area contributed by atoms with E-state index in [2.05, 4.69) is 5.32 Å². The van der Waals surface area contributed by atoms with E-state index < -0.39 is 12.0 Å². The van der Waals surface area contributed by atoms with Crippen molar-refractivity contribution in [1.29, 1.82) is 0 Å². The normalized spacial score (nSPS) is 22.0. The molecule has 5 heteroatoms. The van der Waals surface area contributed by atoms with E-state index in [0.717, 1.165) is 17.5 Å². The van der Waals surface area contributed by atoms with Gasteiger partial charge in [0, 0.05) is 12.2 Å². The van der Waals surface area contributed by atoms with Crippen LogP contribution in [0, 0.1) is 19.8 Å². The van der Waals surface area contributed by atoms with Crippen LogP contribution >= 0.6 is 0 Å². The van der Waals surface area contributed by atoms with Crippen molar-refractivity contribution >= 4 is 17.7 Å². The van der Waals surface area contributed by atoms with Crippen LogP contribution in [0.25, 0.3) is 0 Å². The van der Waals surface area contributed by atoms with Crippen LogP contribution in [0.15, 0.2) is 18.2 Å². The molecule has 5 nitrogen and oxygen atoms in total. The van der Waals surface area contributed by atoms with Crippen LogP contribution in [0.5, 0.6) is 0 Å². The van der Waals surface area contributed by atoms with Crippen LogP contribution < -0.4 is 5.32 Å². The van der Waals surface area contributed by atoms with Gasteiger partial charge in [0.05, 0.1) is 0 Å². The van der Waals surface area contributed by atoms with E-state index in [9.17, 15) is 14.7 Å². The Morgan fingerprint density at radius 2 is 2.00 bits per heavy atom. The van der Waals surface area contributed by atoms with Crippen LogP contribution in [-0.2, 0) is 4.79 Å². The Morgan fingerprint density at radius 1 is 1.29 bits per heavy atom. The lowest BCUT2D eigenvalue weighted by atomic mass is 9.93. The van der Waals surface area contributed by atoms with Crippen molar-refractivity contribution < 1.29 is 14.7 Å². The Labute approximate surface area is 125 Å². The van der Waals surface area contributed by atoms with Crippen LogP contribution in [0.1, 0.15) is 30.9 Å². The maximum absolute atomic E-state index is 12.3. The van der Waals surface area contributed by atoms with Crippen molar-refractivity contribution in [3.8, 4) is 0 Å². The predicted octanol–water partition coefficient (Wildman–Crippen LogP) is 3.02. The highest BCUT2D eigenvalue weighted by atomic mass is 16.4. The quantitative estimate of drug-likeness (QED) is 0.879. The highest BCUT2D eigenvalue weighted by Gasteiger charge is 2.34. The number of anilines is 1. The second kappa shape index (κ2) is 6.16. The molecular weight excluding hydrogens is 268 g/mol. The number of rotatable bonds is 2. The zero-order valence-electron chi connectivity index (χ0n) is 12.7. The number of benzene rings is 1. The largest absolute Gasteiger partial charge is 0.480 e. The Kier molecular flexibility index (Phi) is 4.50. The smallest absolute Gasteiger partial charge is 0.326 e. The van der Waals surface area contributed by atoms with E-state index in [0.29, 0.717) is 24.6 Å². The topological polar surface area (TPSA) is 69.6 Å². The minimum absolute atomic E-state index is 0.330. The van der Waals surface area contributed by atoms with Gasteiger partial charge in [-0.15, -0.1) is 0 Å². The average molecular weight is 290 g/mol. The fourth-order valence-electron chi connectivity index (χ4n) is 2.63. The van der Waals surface area contributed by atoms with Gasteiger partial charge in [-0.2, -0.15) is 0 Å². The molecule has 0 bridgehead atoms. The highest BCUT2D eigenvalue weighted by Crippen LogP contribution is 2.24. The molecule has 1 aliphatic heterocycles. The van der Waals surface area contributed by atoms with E-state index in [1.165, 1.54) is 4.90 Å². The van der Waals surface area contributed by atoms with Gasteiger partial charge in [0.15, 0.2) is 0 Å². The Hall–Kier alpha value is -2.04. The number of amides is 2. The van der Waals surface area contributed by atoms with Crippen molar-refractivity contribution in [3.05, 3.63) is 29.3 Å². The third kappa shape index (κ3) is 3.54. The fourth-order valence-corrected chi connectivity index (χ4v) is 2.63. The van der Waals surface area contributed by atoms with Gasteiger partial charge in [-0.05, 0) is 55.9 Å². The number of piperidine rings is 1. The number of likely N-dealkylation sites (tertiary alicyclic amines) is 1. The van der Waals surface area contributed by atoms with Gasteiger partial charge >= 0.3 is 12.0 Å². The van der Waals surface area contributed by atoms with Crippen LogP contribution in [0.4, 0.5) is 10.5 Å². The molecule has 2 amide bonds. The van der Waals surface area contributed by atoms with Gasteiger partial charge in [-0.25, -0.2) is 9.59 Å². The van der Waals surface area contributed by atoms with Gasteiger partial charge in [-0.1, -0.05) is 13.0 Å². The second-order valence-electron chi connectivity index (χ2n) is 5.91. The average Bonchev–Trinajstić information content (AvgIpc) is 2.42. The predicted molar refractivity (Wildman–Crippen MR) is 81.5 cm³/mol. The summed E-state index contributed by atoms with van der Waals surface area (Å²) in [6.07, 6.45) is 1.35. The third-order valence-electron chi connectivity index (χ3n) is 4.17. The zero-order chi connectivity index (χ0) is 15.6. The second-order valence-corrected chi connectivity index (χ2v) is 5.91. The SMILES string of the molecule is Cc1ccc(NC(=O)N2CCC(C)CC2C(=O)O)cc1C. The standard InChI is InChI=1S/C16H22N2O3/c1-10-6-7-18(14(8-10)15(19)20)16(21)17-13-5-4-11(2)12(3)9-13/h4-5,9-10,14H,6-8H2,1-3H3,(H,17,21)(H,19,20). The van der Waals surface area contributed by atoms with Gasteiger partial charge in [0.2, 0.25) is 0 Å². The molecule has 1 aromatic rings. The number of hydrogen-bond donors (Lipinski definition) is 2. The summed E-state index contributed by atoms with van der Waals surface area (Å²) < 4.78 is 0. The molecule has 2 atom stereocenters. The summed E-state index contributed by atoms with van der Waals surface area (Å²) in [6, 6.07) is 4.61. The summed E-state index contributed by atoms with van der Waals surface area (Å²) in [6.45, 7) is 6.49. The van der Waals surface area contributed by atoms with Crippen molar-refractivity contribution in [3.63, 3.8) is 0 Å². The summed E-state index contributed by atoms with van der Waals surface area (Å²) in [5.41, 5.74) is 2.95. The first kappa shape index (κ1) is 15.4. The minimum atomic E-state index is -0.934. The summed E-state index contributed by atoms with van der Waals surface area (Å²) in [5, 5.41) is 12.1. The first-order chi connectivity index (χ1) is 9.88. The zero-order valence-corrected chi connectivity index (χ0v) is 12.7. The molecule has 2 unspecified atom stereocenters. The summed E-state index contributed by atoms with van der Waals surface area (Å²) >= 11 is 0. The Balaban J connectivity index is 2.10. The first-order valence-electron chi connectivity index (χ1n) is 7.26. The van der Waals surface area contributed by atoms with E-state index >= 15 is 0 Å². The van der Waals surface area contributed by atoms with Crippen molar-refractivity contribution in [2.24, 2.45) is 5.92 Å². The lowest BCUT2D eigenvalue weighted by molar-refractivity contribution is -0.143. The van der Waals surface area contributed by atoms with Crippen LogP contribution in [0.3, 0.4) is 0 Å². The number of aryl methyl sites for hydroxylation is 2. The van der Waals surface area contributed by atoms with Crippen molar-refractivity contribution in [2.45, 2.75) is 39.7 Å².